The summed E-state index contributed by atoms with van der Waals surface area (Å²) >= 11 is 1.64. The Labute approximate surface area is 139 Å². The fraction of sp³-hybridized carbons (Fsp3) is 0.750. The molecule has 0 unspecified atom stereocenters. The highest BCUT2D eigenvalue weighted by Crippen LogP contribution is 2.33. The van der Waals surface area contributed by atoms with Gasteiger partial charge in [-0.05, 0) is 32.6 Å². The number of rotatable bonds is 2. The van der Waals surface area contributed by atoms with Crippen molar-refractivity contribution in [2.45, 2.75) is 57.8 Å². The van der Waals surface area contributed by atoms with Crippen molar-refractivity contribution in [2.75, 3.05) is 13.1 Å². The first-order chi connectivity index (χ1) is 11.2. The third-order valence-corrected chi connectivity index (χ3v) is 6.33. The van der Waals surface area contributed by atoms with E-state index < -0.39 is 0 Å². The highest BCUT2D eigenvalue weighted by atomic mass is 32.1. The van der Waals surface area contributed by atoms with Crippen LogP contribution in [0.5, 0.6) is 0 Å². The number of fused-ring (bicyclic) bond motifs is 1. The minimum absolute atomic E-state index is 0.289. The summed E-state index contributed by atoms with van der Waals surface area (Å²) in [6.07, 6.45) is 7.96. The fourth-order valence-electron chi connectivity index (χ4n) is 3.85. The molecule has 4 rings (SSSR count). The number of carbonyl (C=O) groups is 1. The van der Waals surface area contributed by atoms with Gasteiger partial charge in [-0.1, -0.05) is 30.6 Å². The van der Waals surface area contributed by atoms with E-state index in [0.717, 1.165) is 54.6 Å². The quantitative estimate of drug-likeness (QED) is 0.848. The van der Waals surface area contributed by atoms with Crippen LogP contribution in [0.4, 0.5) is 0 Å². The topological polar surface area (TPSA) is 63.4 Å². The molecule has 0 radical (unpaired) electrons. The number of piperidine rings is 1. The van der Waals surface area contributed by atoms with Crippen LogP contribution in [0, 0.1) is 12.8 Å². The standard InChI is InChI=1S/C16H23N5OS/c1-11-17-18-16-21(11)19-14(23-16)12-7-9-20(10-8-12)15(22)13-5-3-2-4-6-13/h12-13H,2-10H2,1H3. The minimum Gasteiger partial charge on any atom is -0.342 e. The molecule has 7 heteroatoms. The van der Waals surface area contributed by atoms with Crippen molar-refractivity contribution in [3.05, 3.63) is 10.8 Å². The van der Waals surface area contributed by atoms with Gasteiger partial charge in [0.2, 0.25) is 10.9 Å². The molecular weight excluding hydrogens is 310 g/mol. The normalized spacial score (nSPS) is 21.2. The van der Waals surface area contributed by atoms with Gasteiger partial charge in [-0.3, -0.25) is 4.79 Å². The van der Waals surface area contributed by atoms with Crippen molar-refractivity contribution in [1.82, 2.24) is 24.7 Å². The Morgan fingerprint density at radius 3 is 2.52 bits per heavy atom. The van der Waals surface area contributed by atoms with E-state index in [1.54, 1.807) is 11.3 Å². The lowest BCUT2D eigenvalue weighted by Crippen LogP contribution is -2.41. The lowest BCUT2D eigenvalue weighted by atomic mass is 9.87. The van der Waals surface area contributed by atoms with E-state index in [1.165, 1.54) is 19.3 Å². The zero-order valence-corrected chi connectivity index (χ0v) is 14.4. The van der Waals surface area contributed by atoms with Gasteiger partial charge in [-0.2, -0.15) is 9.61 Å². The van der Waals surface area contributed by atoms with E-state index in [4.69, 9.17) is 0 Å². The molecule has 1 saturated carbocycles. The van der Waals surface area contributed by atoms with Crippen LogP contribution in [0.2, 0.25) is 0 Å². The summed E-state index contributed by atoms with van der Waals surface area (Å²) in [6, 6.07) is 0. The number of likely N-dealkylation sites (tertiary alicyclic amines) is 1. The number of hydrogen-bond acceptors (Lipinski definition) is 5. The lowest BCUT2D eigenvalue weighted by molar-refractivity contribution is -0.137. The van der Waals surface area contributed by atoms with Crippen molar-refractivity contribution < 1.29 is 4.79 Å². The molecule has 2 fully saturated rings. The van der Waals surface area contributed by atoms with Gasteiger partial charge in [-0.15, -0.1) is 10.2 Å². The second kappa shape index (κ2) is 6.19. The number of aryl methyl sites for hydroxylation is 1. The SMILES string of the molecule is Cc1nnc2sc(C3CCN(C(=O)C4CCCCC4)CC3)nn12. The first kappa shape index (κ1) is 15.1. The molecule has 1 amide bonds. The van der Waals surface area contributed by atoms with Gasteiger partial charge in [0, 0.05) is 24.9 Å². The first-order valence-electron chi connectivity index (χ1n) is 8.70. The fourth-order valence-corrected chi connectivity index (χ4v) is 4.90. The molecule has 0 bridgehead atoms. The number of amides is 1. The molecule has 2 aromatic heterocycles. The van der Waals surface area contributed by atoms with E-state index in [9.17, 15) is 4.79 Å². The Morgan fingerprint density at radius 2 is 1.83 bits per heavy atom. The van der Waals surface area contributed by atoms with Crippen LogP contribution in [0.3, 0.4) is 0 Å². The molecule has 1 saturated heterocycles. The van der Waals surface area contributed by atoms with Gasteiger partial charge in [-0.25, -0.2) is 0 Å². The number of nitrogens with zero attached hydrogens (tertiary/aromatic N) is 5. The summed E-state index contributed by atoms with van der Waals surface area (Å²) in [4.78, 5) is 15.6. The molecule has 0 N–H and O–H groups in total. The van der Waals surface area contributed by atoms with Crippen molar-refractivity contribution in [3.63, 3.8) is 0 Å². The van der Waals surface area contributed by atoms with Gasteiger partial charge >= 0.3 is 0 Å². The molecule has 124 valence electrons. The molecule has 3 heterocycles. The Kier molecular flexibility index (Phi) is 4.05. The van der Waals surface area contributed by atoms with E-state index >= 15 is 0 Å². The maximum absolute atomic E-state index is 12.6. The molecule has 2 aliphatic rings. The second-order valence-corrected chi connectivity index (χ2v) is 7.80. The summed E-state index contributed by atoms with van der Waals surface area (Å²) in [6.45, 7) is 3.67. The number of hydrogen-bond donors (Lipinski definition) is 0. The summed E-state index contributed by atoms with van der Waals surface area (Å²) in [7, 11) is 0. The Morgan fingerprint density at radius 1 is 1.09 bits per heavy atom. The van der Waals surface area contributed by atoms with Crippen LogP contribution in [-0.2, 0) is 4.79 Å². The van der Waals surface area contributed by atoms with E-state index in [1.807, 2.05) is 11.4 Å². The number of carbonyl (C=O) groups excluding carboxylic acids is 1. The molecule has 0 atom stereocenters. The molecule has 1 aliphatic carbocycles. The Hall–Kier alpha value is -1.50. The van der Waals surface area contributed by atoms with Crippen LogP contribution in [-0.4, -0.2) is 43.7 Å². The average molecular weight is 333 g/mol. The highest BCUT2D eigenvalue weighted by molar-refractivity contribution is 7.16. The zero-order chi connectivity index (χ0) is 15.8. The van der Waals surface area contributed by atoms with Crippen molar-refractivity contribution in [2.24, 2.45) is 5.92 Å². The third-order valence-electron chi connectivity index (χ3n) is 5.27. The minimum atomic E-state index is 0.289. The second-order valence-electron chi connectivity index (χ2n) is 6.82. The van der Waals surface area contributed by atoms with Crippen LogP contribution in [0.15, 0.2) is 0 Å². The molecule has 0 aromatic carbocycles. The highest BCUT2D eigenvalue weighted by Gasteiger charge is 2.30. The molecule has 1 aliphatic heterocycles. The lowest BCUT2D eigenvalue weighted by Gasteiger charge is -2.34. The first-order valence-corrected chi connectivity index (χ1v) is 9.51. The maximum Gasteiger partial charge on any atom is 0.234 e. The average Bonchev–Trinajstić information content (AvgIpc) is 3.18. The zero-order valence-electron chi connectivity index (χ0n) is 13.6. The van der Waals surface area contributed by atoms with Crippen molar-refractivity contribution in [1.29, 1.82) is 0 Å². The molecular formula is C16H23N5OS. The van der Waals surface area contributed by atoms with Gasteiger partial charge < -0.3 is 4.90 Å². The summed E-state index contributed by atoms with van der Waals surface area (Å²) in [5.41, 5.74) is 0. The van der Waals surface area contributed by atoms with Gasteiger partial charge in [0.1, 0.15) is 5.01 Å². The van der Waals surface area contributed by atoms with E-state index in [-0.39, 0.29) is 5.92 Å². The molecule has 6 nitrogen and oxygen atoms in total. The predicted octanol–water partition coefficient (Wildman–Crippen LogP) is 2.78. The van der Waals surface area contributed by atoms with Crippen LogP contribution >= 0.6 is 11.3 Å². The summed E-state index contributed by atoms with van der Waals surface area (Å²) in [5.74, 6) is 1.98. The van der Waals surface area contributed by atoms with Gasteiger partial charge in [0.15, 0.2) is 5.82 Å². The van der Waals surface area contributed by atoms with Crippen molar-refractivity contribution in [3.8, 4) is 0 Å². The Bertz CT molecular complexity index is 694. The summed E-state index contributed by atoms with van der Waals surface area (Å²) < 4.78 is 1.83. The Balaban J connectivity index is 1.39. The van der Waals surface area contributed by atoms with Crippen LogP contribution < -0.4 is 0 Å². The monoisotopic (exact) mass is 333 g/mol. The summed E-state index contributed by atoms with van der Waals surface area (Å²) in [5, 5.41) is 14.0. The predicted molar refractivity (Wildman–Crippen MR) is 88.5 cm³/mol. The van der Waals surface area contributed by atoms with Crippen LogP contribution in [0.25, 0.3) is 4.96 Å². The molecule has 2 aromatic rings. The third kappa shape index (κ3) is 2.86. The van der Waals surface area contributed by atoms with E-state index in [0.29, 0.717) is 11.8 Å². The molecule has 0 spiro atoms. The van der Waals surface area contributed by atoms with Gasteiger partial charge in [0.25, 0.3) is 0 Å². The molecule has 23 heavy (non-hydrogen) atoms. The maximum atomic E-state index is 12.6. The van der Waals surface area contributed by atoms with Crippen molar-refractivity contribution >= 4 is 22.2 Å². The van der Waals surface area contributed by atoms with Crippen LogP contribution in [0.1, 0.15) is 61.7 Å². The van der Waals surface area contributed by atoms with E-state index in [2.05, 4.69) is 20.2 Å². The number of aromatic nitrogens is 4. The largest absolute Gasteiger partial charge is 0.342 e. The smallest absolute Gasteiger partial charge is 0.234 e. The van der Waals surface area contributed by atoms with Gasteiger partial charge in [0.05, 0.1) is 0 Å².